The number of carbonyl (C=O) groups excluding carboxylic acids is 1. The monoisotopic (exact) mass is 512 g/mol. The summed E-state index contributed by atoms with van der Waals surface area (Å²) in [6.45, 7) is 16.7. The van der Waals surface area contributed by atoms with Gasteiger partial charge in [0.2, 0.25) is 23.6 Å². The minimum absolute atomic E-state index is 0.207. The average Bonchev–Trinajstić information content (AvgIpc) is 3.49. The molecule has 4 rings (SSSR count). The van der Waals surface area contributed by atoms with Crippen LogP contribution in [0.15, 0.2) is 57.4 Å². The van der Waals surface area contributed by atoms with Gasteiger partial charge in [-0.25, -0.2) is 4.39 Å². The van der Waals surface area contributed by atoms with Crippen LogP contribution in [-0.4, -0.2) is 32.0 Å². The number of hydrogen-bond donors (Lipinski definition) is 0. The van der Waals surface area contributed by atoms with Crippen molar-refractivity contribution in [3.05, 3.63) is 71.7 Å². The van der Waals surface area contributed by atoms with Gasteiger partial charge in [-0.1, -0.05) is 45.0 Å². The second kappa shape index (κ2) is 15.3. The Morgan fingerprint density at radius 2 is 1.46 bits per heavy atom. The third kappa shape index (κ3) is 11.2. The van der Waals surface area contributed by atoms with Gasteiger partial charge in [0, 0.05) is 31.9 Å². The third-order valence-corrected chi connectivity index (χ3v) is 4.77. The lowest BCUT2D eigenvalue weighted by Gasteiger charge is -2.21. The number of ether oxygens (including phenoxy) is 1. The zero-order valence-corrected chi connectivity index (χ0v) is 23.1. The van der Waals surface area contributed by atoms with Crippen molar-refractivity contribution in [2.24, 2.45) is 0 Å². The number of hydrogen-bond acceptors (Lipinski definition) is 8. The van der Waals surface area contributed by atoms with E-state index in [1.165, 1.54) is 19.1 Å². The average molecular weight is 513 g/mol. The van der Waals surface area contributed by atoms with Crippen LogP contribution in [0.3, 0.4) is 0 Å². The standard InChI is InChI=1S/C10H10N2O.C9H7FN2O.C7H14O2.C2H6/c1-7-5-3-4-6-9(7)10-12-11-8(2)13-10;1-6-11-12-9(13-6)7-3-2-4-8(10)5-7;1-5-7(3,4)9-6(2)8;1-2/h3-6H,1-2H3;2-5H,1H3;5H2,1-4H3;1-2H3. The van der Waals surface area contributed by atoms with Crippen molar-refractivity contribution in [1.29, 1.82) is 0 Å². The first-order chi connectivity index (χ1) is 17.5. The topological polar surface area (TPSA) is 104 Å². The summed E-state index contributed by atoms with van der Waals surface area (Å²) >= 11 is 0. The second-order valence-corrected chi connectivity index (χ2v) is 8.28. The molecule has 37 heavy (non-hydrogen) atoms. The number of rotatable bonds is 4. The van der Waals surface area contributed by atoms with Crippen LogP contribution in [0.25, 0.3) is 22.9 Å². The molecule has 0 fully saturated rings. The molecule has 0 saturated carbocycles. The number of benzene rings is 2. The van der Waals surface area contributed by atoms with Gasteiger partial charge in [-0.3, -0.25) is 4.79 Å². The fourth-order valence-electron chi connectivity index (χ4n) is 2.71. The molecular weight excluding hydrogens is 475 g/mol. The third-order valence-electron chi connectivity index (χ3n) is 4.77. The van der Waals surface area contributed by atoms with E-state index in [1.54, 1.807) is 26.0 Å². The highest BCUT2D eigenvalue weighted by atomic mass is 19.1. The predicted molar refractivity (Wildman–Crippen MR) is 141 cm³/mol. The van der Waals surface area contributed by atoms with Gasteiger partial charge in [-0.15, -0.1) is 20.4 Å². The minimum atomic E-state index is -0.312. The molecule has 0 aliphatic rings. The lowest BCUT2D eigenvalue weighted by Crippen LogP contribution is -2.25. The summed E-state index contributed by atoms with van der Waals surface area (Å²) in [6.07, 6.45) is 0.854. The molecule has 2 aromatic heterocycles. The van der Waals surface area contributed by atoms with E-state index in [0.29, 0.717) is 29.1 Å². The largest absolute Gasteiger partial charge is 0.460 e. The summed E-state index contributed by atoms with van der Waals surface area (Å²) in [6, 6.07) is 14.0. The Kier molecular flexibility index (Phi) is 12.9. The molecule has 2 heterocycles. The first kappa shape index (κ1) is 31.2. The molecular formula is C28H37FN4O4. The van der Waals surface area contributed by atoms with Crippen LogP contribution in [0.4, 0.5) is 4.39 Å². The molecule has 0 spiro atoms. The SMILES string of the molecule is CC.CCC(C)(C)OC(C)=O.Cc1nnc(-c2cccc(F)c2)o1.Cc1nnc(-c2ccccc2C)o1. The summed E-state index contributed by atoms with van der Waals surface area (Å²) in [4.78, 5) is 10.4. The van der Waals surface area contributed by atoms with Crippen molar-refractivity contribution < 1.29 is 22.8 Å². The van der Waals surface area contributed by atoms with E-state index in [-0.39, 0.29) is 17.4 Å². The Bertz CT molecular complexity index is 1230. The highest BCUT2D eigenvalue weighted by molar-refractivity contribution is 5.66. The Labute approximate surface area is 218 Å². The molecule has 0 unspecified atom stereocenters. The van der Waals surface area contributed by atoms with Crippen LogP contribution in [-0.2, 0) is 9.53 Å². The molecule has 200 valence electrons. The summed E-state index contributed by atoms with van der Waals surface area (Å²) in [5.41, 5.74) is 2.46. The van der Waals surface area contributed by atoms with Gasteiger partial charge in [0.05, 0.1) is 0 Å². The number of nitrogens with zero attached hydrogens (tertiary/aromatic N) is 4. The van der Waals surface area contributed by atoms with E-state index in [9.17, 15) is 9.18 Å². The van der Waals surface area contributed by atoms with Gasteiger partial charge in [-0.2, -0.15) is 0 Å². The molecule has 0 bridgehead atoms. The van der Waals surface area contributed by atoms with Crippen molar-refractivity contribution in [2.75, 3.05) is 0 Å². The number of carbonyl (C=O) groups is 1. The normalized spacial score (nSPS) is 10.1. The van der Waals surface area contributed by atoms with Gasteiger partial charge < -0.3 is 13.6 Å². The summed E-state index contributed by atoms with van der Waals surface area (Å²) in [5, 5.41) is 15.2. The Hall–Kier alpha value is -3.88. The van der Waals surface area contributed by atoms with Crippen LogP contribution < -0.4 is 0 Å². The van der Waals surface area contributed by atoms with E-state index in [0.717, 1.165) is 17.5 Å². The number of aromatic nitrogens is 4. The van der Waals surface area contributed by atoms with Crippen molar-refractivity contribution in [2.45, 2.75) is 74.3 Å². The van der Waals surface area contributed by atoms with Crippen molar-refractivity contribution in [1.82, 2.24) is 20.4 Å². The molecule has 0 atom stereocenters. The Balaban J connectivity index is 0.000000274. The van der Waals surface area contributed by atoms with Gasteiger partial charge in [0.15, 0.2) is 0 Å². The number of aryl methyl sites for hydroxylation is 3. The molecule has 0 saturated heterocycles. The van der Waals surface area contributed by atoms with E-state index in [1.807, 2.05) is 65.8 Å². The van der Waals surface area contributed by atoms with Crippen LogP contribution in [0.5, 0.6) is 0 Å². The van der Waals surface area contributed by atoms with Crippen LogP contribution in [0.1, 0.15) is 65.3 Å². The molecule has 0 amide bonds. The van der Waals surface area contributed by atoms with Crippen LogP contribution in [0.2, 0.25) is 0 Å². The van der Waals surface area contributed by atoms with Gasteiger partial charge in [0.1, 0.15) is 11.4 Å². The highest BCUT2D eigenvalue weighted by Crippen LogP contribution is 2.21. The maximum Gasteiger partial charge on any atom is 0.303 e. The first-order valence-corrected chi connectivity index (χ1v) is 12.1. The minimum Gasteiger partial charge on any atom is -0.460 e. The van der Waals surface area contributed by atoms with E-state index < -0.39 is 0 Å². The van der Waals surface area contributed by atoms with Crippen molar-refractivity contribution >= 4 is 5.97 Å². The fraction of sp³-hybridized carbons (Fsp3) is 0.393. The van der Waals surface area contributed by atoms with Gasteiger partial charge >= 0.3 is 5.97 Å². The maximum absolute atomic E-state index is 12.8. The van der Waals surface area contributed by atoms with E-state index in [4.69, 9.17) is 13.6 Å². The maximum atomic E-state index is 12.8. The zero-order chi connectivity index (χ0) is 28.0. The smallest absolute Gasteiger partial charge is 0.303 e. The predicted octanol–water partition coefficient (Wildman–Crippen LogP) is 7.30. The van der Waals surface area contributed by atoms with Crippen molar-refractivity contribution in [3.8, 4) is 22.9 Å². The van der Waals surface area contributed by atoms with Crippen molar-refractivity contribution in [3.63, 3.8) is 0 Å². The summed E-state index contributed by atoms with van der Waals surface area (Å²) < 4.78 is 28.2. The highest BCUT2D eigenvalue weighted by Gasteiger charge is 2.17. The molecule has 2 aromatic carbocycles. The molecule has 0 aliphatic heterocycles. The Morgan fingerprint density at radius 3 is 1.89 bits per heavy atom. The molecule has 4 aromatic rings. The van der Waals surface area contributed by atoms with Crippen LogP contribution >= 0.6 is 0 Å². The molecule has 9 heteroatoms. The molecule has 0 aliphatic carbocycles. The van der Waals surface area contributed by atoms with Gasteiger partial charge in [0.25, 0.3) is 0 Å². The first-order valence-electron chi connectivity index (χ1n) is 12.1. The van der Waals surface area contributed by atoms with E-state index >= 15 is 0 Å². The summed E-state index contributed by atoms with van der Waals surface area (Å²) in [5.74, 6) is 1.49. The molecule has 0 radical (unpaired) electrons. The molecule has 8 nitrogen and oxygen atoms in total. The van der Waals surface area contributed by atoms with E-state index in [2.05, 4.69) is 20.4 Å². The van der Waals surface area contributed by atoms with Crippen LogP contribution in [0, 0.1) is 26.6 Å². The number of esters is 1. The lowest BCUT2D eigenvalue weighted by atomic mass is 10.1. The summed E-state index contributed by atoms with van der Waals surface area (Å²) in [7, 11) is 0. The second-order valence-electron chi connectivity index (χ2n) is 8.28. The zero-order valence-electron chi connectivity index (χ0n) is 23.1. The number of halogens is 1. The lowest BCUT2D eigenvalue weighted by molar-refractivity contribution is -0.153. The quantitative estimate of drug-likeness (QED) is 0.262. The Morgan fingerprint density at radius 1 is 0.892 bits per heavy atom. The fourth-order valence-corrected chi connectivity index (χ4v) is 2.71. The van der Waals surface area contributed by atoms with Gasteiger partial charge in [-0.05, 0) is 57.0 Å². The molecule has 0 N–H and O–H groups in total.